The van der Waals surface area contributed by atoms with Crippen molar-refractivity contribution in [3.05, 3.63) is 81.7 Å². The van der Waals surface area contributed by atoms with Gasteiger partial charge in [-0.15, -0.1) is 11.3 Å². The summed E-state index contributed by atoms with van der Waals surface area (Å²) in [4.78, 5) is 19.7. The highest BCUT2D eigenvalue weighted by Crippen LogP contribution is 2.44. The van der Waals surface area contributed by atoms with Gasteiger partial charge in [0.2, 0.25) is 0 Å². The number of nitrogens with zero attached hydrogens (tertiary/aromatic N) is 2. The Kier molecular flexibility index (Phi) is 5.94. The predicted molar refractivity (Wildman–Crippen MR) is 144 cm³/mol. The molecule has 0 aliphatic heterocycles. The number of amides is 1. The number of carbonyl (C=O) groups is 1. The molecule has 1 N–H and O–H groups in total. The van der Waals surface area contributed by atoms with E-state index in [1.807, 2.05) is 61.5 Å². The van der Waals surface area contributed by atoms with E-state index in [1.54, 1.807) is 11.3 Å². The summed E-state index contributed by atoms with van der Waals surface area (Å²) in [6.45, 7) is 8.90. The topological polar surface area (TPSA) is 65.8 Å². The Labute approximate surface area is 210 Å². The summed E-state index contributed by atoms with van der Waals surface area (Å²) < 4.78 is 0. The van der Waals surface area contributed by atoms with Gasteiger partial charge in [-0.3, -0.25) is 4.79 Å². The predicted octanol–water partition coefficient (Wildman–Crippen LogP) is 7.55. The van der Waals surface area contributed by atoms with Crippen molar-refractivity contribution in [2.45, 2.75) is 47.0 Å². The number of hydrogen-bond donors (Lipinski definition) is 1. The van der Waals surface area contributed by atoms with Crippen molar-refractivity contribution in [1.29, 1.82) is 5.26 Å². The third-order valence-electron chi connectivity index (χ3n) is 7.21. The molecule has 1 aliphatic rings. The van der Waals surface area contributed by atoms with E-state index >= 15 is 0 Å². The van der Waals surface area contributed by atoms with Crippen molar-refractivity contribution in [3.8, 4) is 17.3 Å². The number of nitriles is 1. The number of carbonyl (C=O) groups excluding carboxylic acids is 1. The van der Waals surface area contributed by atoms with Gasteiger partial charge >= 0.3 is 0 Å². The number of anilines is 1. The van der Waals surface area contributed by atoms with Gasteiger partial charge in [0.05, 0.1) is 22.3 Å². The van der Waals surface area contributed by atoms with Crippen LogP contribution in [0.4, 0.5) is 5.00 Å². The first-order valence-electron chi connectivity index (χ1n) is 12.1. The first-order valence-corrected chi connectivity index (χ1v) is 12.9. The van der Waals surface area contributed by atoms with Crippen LogP contribution < -0.4 is 5.32 Å². The van der Waals surface area contributed by atoms with Crippen LogP contribution in [0.15, 0.2) is 54.6 Å². The van der Waals surface area contributed by atoms with E-state index in [-0.39, 0.29) is 11.3 Å². The summed E-state index contributed by atoms with van der Waals surface area (Å²) >= 11 is 1.57. The maximum absolute atomic E-state index is 13.7. The summed E-state index contributed by atoms with van der Waals surface area (Å²) in [7, 11) is 0. The van der Waals surface area contributed by atoms with E-state index in [2.05, 4.69) is 32.2 Å². The van der Waals surface area contributed by atoms with Crippen LogP contribution in [0.25, 0.3) is 22.2 Å². The molecule has 2 heterocycles. The zero-order valence-corrected chi connectivity index (χ0v) is 21.4. The van der Waals surface area contributed by atoms with Gasteiger partial charge in [0.1, 0.15) is 11.1 Å². The van der Waals surface area contributed by atoms with E-state index in [4.69, 9.17) is 4.98 Å². The number of aryl methyl sites for hydroxylation is 1. The zero-order valence-electron chi connectivity index (χ0n) is 20.6. The van der Waals surface area contributed by atoms with Gasteiger partial charge in [0.25, 0.3) is 5.91 Å². The van der Waals surface area contributed by atoms with Crippen molar-refractivity contribution in [2.24, 2.45) is 11.3 Å². The van der Waals surface area contributed by atoms with Gasteiger partial charge in [-0.05, 0) is 60.8 Å². The summed E-state index contributed by atoms with van der Waals surface area (Å²) in [5, 5.41) is 14.5. The molecule has 0 spiro atoms. The van der Waals surface area contributed by atoms with Crippen LogP contribution in [-0.4, -0.2) is 10.9 Å². The number of para-hydroxylation sites is 1. The standard InChI is InChI=1S/C30H29N3OS/c1-18-9-5-6-10-20(18)26-16-23(21-11-7-8-12-25(21)32-26)28(34)33-29-24(17-31)22-14-13-19(30(2,3)4)15-27(22)35-29/h5-12,16,19H,13-15H2,1-4H3,(H,33,34). The average Bonchev–Trinajstić information content (AvgIpc) is 3.19. The molecule has 1 unspecified atom stereocenters. The number of benzene rings is 2. The van der Waals surface area contributed by atoms with Crippen molar-refractivity contribution in [3.63, 3.8) is 0 Å². The molecule has 1 aliphatic carbocycles. The summed E-state index contributed by atoms with van der Waals surface area (Å²) in [6, 6.07) is 20.0. The number of hydrogen-bond acceptors (Lipinski definition) is 4. The molecule has 5 rings (SSSR count). The highest BCUT2D eigenvalue weighted by Gasteiger charge is 2.32. The molecule has 176 valence electrons. The number of nitrogens with one attached hydrogen (secondary N) is 1. The summed E-state index contributed by atoms with van der Waals surface area (Å²) in [5.41, 5.74) is 6.19. The lowest BCUT2D eigenvalue weighted by Gasteiger charge is -2.33. The lowest BCUT2D eigenvalue weighted by atomic mass is 9.72. The Balaban J connectivity index is 1.54. The van der Waals surface area contributed by atoms with Crippen molar-refractivity contribution < 1.29 is 4.79 Å². The van der Waals surface area contributed by atoms with E-state index in [9.17, 15) is 10.1 Å². The van der Waals surface area contributed by atoms with Gasteiger partial charge in [0, 0.05) is 15.8 Å². The van der Waals surface area contributed by atoms with Crippen molar-refractivity contribution >= 4 is 33.1 Å². The SMILES string of the molecule is Cc1ccccc1-c1cc(C(=O)Nc2sc3c(c2C#N)CCC(C(C)(C)C)C3)c2ccccc2n1. The molecule has 1 atom stereocenters. The molecule has 0 saturated heterocycles. The smallest absolute Gasteiger partial charge is 0.257 e. The fraction of sp³-hybridized carbons (Fsp3) is 0.300. The Hall–Kier alpha value is -3.49. The van der Waals surface area contributed by atoms with Crippen LogP contribution >= 0.6 is 11.3 Å². The quantitative estimate of drug-likeness (QED) is 0.330. The van der Waals surface area contributed by atoms with Crippen LogP contribution in [0.1, 0.15) is 59.1 Å². The second-order valence-electron chi connectivity index (χ2n) is 10.5. The molecule has 0 bridgehead atoms. The van der Waals surface area contributed by atoms with Gasteiger partial charge < -0.3 is 5.32 Å². The monoisotopic (exact) mass is 479 g/mol. The van der Waals surface area contributed by atoms with Gasteiger partial charge in [0.15, 0.2) is 0 Å². The van der Waals surface area contributed by atoms with E-state index in [1.165, 1.54) is 4.88 Å². The normalized spacial score (nSPS) is 15.5. The minimum Gasteiger partial charge on any atom is -0.312 e. The minimum atomic E-state index is -0.207. The van der Waals surface area contributed by atoms with E-state index < -0.39 is 0 Å². The van der Waals surface area contributed by atoms with Crippen LogP contribution in [0.3, 0.4) is 0 Å². The third-order valence-corrected chi connectivity index (χ3v) is 8.38. The van der Waals surface area contributed by atoms with E-state index in [0.717, 1.165) is 52.5 Å². The molecule has 5 heteroatoms. The third kappa shape index (κ3) is 4.35. The van der Waals surface area contributed by atoms with Crippen molar-refractivity contribution in [2.75, 3.05) is 5.32 Å². The molecule has 4 aromatic rings. The maximum Gasteiger partial charge on any atom is 0.257 e. The molecular formula is C30H29N3OS. The lowest BCUT2D eigenvalue weighted by molar-refractivity contribution is 0.102. The molecule has 0 fully saturated rings. The molecule has 4 nitrogen and oxygen atoms in total. The Bertz CT molecular complexity index is 1490. The first kappa shape index (κ1) is 23.3. The molecular weight excluding hydrogens is 450 g/mol. The number of fused-ring (bicyclic) bond motifs is 2. The fourth-order valence-electron chi connectivity index (χ4n) is 5.06. The summed E-state index contributed by atoms with van der Waals surface area (Å²) in [6.07, 6.45) is 2.93. The van der Waals surface area contributed by atoms with Crippen LogP contribution in [-0.2, 0) is 12.8 Å². The number of pyridine rings is 1. The molecule has 1 amide bonds. The lowest BCUT2D eigenvalue weighted by Crippen LogP contribution is -2.26. The highest BCUT2D eigenvalue weighted by molar-refractivity contribution is 7.16. The number of rotatable bonds is 3. The van der Waals surface area contributed by atoms with Gasteiger partial charge in [-0.25, -0.2) is 4.98 Å². The Morgan fingerprint density at radius 2 is 1.89 bits per heavy atom. The fourth-order valence-corrected chi connectivity index (χ4v) is 6.34. The van der Waals surface area contributed by atoms with Crippen LogP contribution in [0.5, 0.6) is 0 Å². The number of thiophene rings is 1. The Morgan fingerprint density at radius 3 is 2.63 bits per heavy atom. The van der Waals surface area contributed by atoms with E-state index in [0.29, 0.717) is 22.0 Å². The molecule has 2 aromatic heterocycles. The average molecular weight is 480 g/mol. The largest absolute Gasteiger partial charge is 0.312 e. The minimum absolute atomic E-state index is 0.207. The molecule has 35 heavy (non-hydrogen) atoms. The van der Waals surface area contributed by atoms with Crippen LogP contribution in [0, 0.1) is 29.6 Å². The highest BCUT2D eigenvalue weighted by atomic mass is 32.1. The molecule has 0 saturated carbocycles. The second kappa shape index (κ2) is 8.94. The van der Waals surface area contributed by atoms with Crippen molar-refractivity contribution in [1.82, 2.24) is 4.98 Å². The first-order chi connectivity index (χ1) is 16.8. The maximum atomic E-state index is 13.7. The molecule has 2 aromatic carbocycles. The second-order valence-corrected chi connectivity index (χ2v) is 11.6. The Morgan fingerprint density at radius 1 is 1.14 bits per heavy atom. The van der Waals surface area contributed by atoms with Gasteiger partial charge in [-0.1, -0.05) is 63.2 Å². The number of aromatic nitrogens is 1. The zero-order chi connectivity index (χ0) is 24.7. The molecule has 0 radical (unpaired) electrons. The van der Waals surface area contributed by atoms with Gasteiger partial charge in [-0.2, -0.15) is 5.26 Å². The van der Waals surface area contributed by atoms with Crippen LogP contribution in [0.2, 0.25) is 0 Å². The summed E-state index contributed by atoms with van der Waals surface area (Å²) in [5.74, 6) is 0.366.